The van der Waals surface area contributed by atoms with E-state index in [4.69, 9.17) is 9.47 Å². The number of para-hydroxylation sites is 1. The number of morpholine rings is 2. The van der Waals surface area contributed by atoms with Gasteiger partial charge in [-0.25, -0.2) is 4.79 Å². The van der Waals surface area contributed by atoms with E-state index in [0.717, 1.165) is 56.5 Å². The van der Waals surface area contributed by atoms with Crippen molar-refractivity contribution in [1.82, 2.24) is 5.32 Å². The zero-order valence-electron chi connectivity index (χ0n) is 18.7. The lowest BCUT2D eigenvalue weighted by Gasteiger charge is -2.33. The van der Waals surface area contributed by atoms with E-state index in [-0.39, 0.29) is 24.9 Å². The number of anilines is 4. The average Bonchev–Trinajstić information content (AvgIpc) is 2.86. The first kappa shape index (κ1) is 22.9. The van der Waals surface area contributed by atoms with Gasteiger partial charge in [-0.3, -0.25) is 4.79 Å². The Bertz CT molecular complexity index is 928. The van der Waals surface area contributed by atoms with Crippen LogP contribution >= 0.6 is 0 Å². The Labute approximate surface area is 194 Å². The Kier molecular flexibility index (Phi) is 7.99. The van der Waals surface area contributed by atoms with Crippen molar-refractivity contribution in [3.8, 4) is 0 Å². The van der Waals surface area contributed by atoms with Crippen LogP contribution in [-0.2, 0) is 14.3 Å². The van der Waals surface area contributed by atoms with E-state index >= 15 is 0 Å². The Hall–Kier alpha value is -3.30. The molecule has 9 nitrogen and oxygen atoms in total. The first-order chi connectivity index (χ1) is 16.2. The lowest BCUT2D eigenvalue weighted by Crippen LogP contribution is -2.38. The maximum absolute atomic E-state index is 12.6. The number of hydrogen-bond acceptors (Lipinski definition) is 6. The second-order valence-corrected chi connectivity index (χ2v) is 7.95. The van der Waals surface area contributed by atoms with Crippen LogP contribution in [0.15, 0.2) is 48.5 Å². The molecule has 2 saturated heterocycles. The molecule has 0 aliphatic carbocycles. The van der Waals surface area contributed by atoms with Gasteiger partial charge in [-0.15, -0.1) is 0 Å². The SMILES string of the molecule is O=C(CCNC(=O)Nc1ccccc1)Nc1ccc(N2CCOCC2)cc1N1CCOCC1. The van der Waals surface area contributed by atoms with Crippen molar-refractivity contribution in [2.24, 2.45) is 0 Å². The van der Waals surface area contributed by atoms with Crippen LogP contribution in [0.5, 0.6) is 0 Å². The Morgan fingerprint density at radius 1 is 0.818 bits per heavy atom. The summed E-state index contributed by atoms with van der Waals surface area (Å²) in [6.07, 6.45) is 0.177. The van der Waals surface area contributed by atoms with Gasteiger partial charge in [0, 0.05) is 50.5 Å². The monoisotopic (exact) mass is 453 g/mol. The summed E-state index contributed by atoms with van der Waals surface area (Å²) >= 11 is 0. The van der Waals surface area contributed by atoms with Crippen molar-refractivity contribution in [3.05, 3.63) is 48.5 Å². The maximum Gasteiger partial charge on any atom is 0.319 e. The molecule has 2 fully saturated rings. The third-order valence-corrected chi connectivity index (χ3v) is 5.65. The standard InChI is InChI=1S/C24H31N5O4/c30-23(8-9-25-24(31)26-19-4-2-1-3-5-19)27-21-7-6-20(28-10-14-32-15-11-28)18-22(21)29-12-16-33-17-13-29/h1-7,18H,8-17H2,(H,27,30)(H2,25,26,31). The van der Waals surface area contributed by atoms with Gasteiger partial charge in [-0.2, -0.15) is 0 Å². The van der Waals surface area contributed by atoms with E-state index in [1.165, 1.54) is 0 Å². The molecule has 2 heterocycles. The van der Waals surface area contributed by atoms with Crippen molar-refractivity contribution in [1.29, 1.82) is 0 Å². The Balaban J connectivity index is 1.35. The summed E-state index contributed by atoms with van der Waals surface area (Å²) in [5, 5.41) is 8.49. The molecule has 2 aliphatic heterocycles. The van der Waals surface area contributed by atoms with E-state index < -0.39 is 0 Å². The van der Waals surface area contributed by atoms with Crippen LogP contribution in [0.25, 0.3) is 0 Å². The van der Waals surface area contributed by atoms with Gasteiger partial charge in [-0.1, -0.05) is 18.2 Å². The highest BCUT2D eigenvalue weighted by molar-refractivity contribution is 5.96. The van der Waals surface area contributed by atoms with Crippen LogP contribution < -0.4 is 25.8 Å². The van der Waals surface area contributed by atoms with Crippen molar-refractivity contribution in [3.63, 3.8) is 0 Å². The molecule has 33 heavy (non-hydrogen) atoms. The van der Waals surface area contributed by atoms with Gasteiger partial charge in [0.2, 0.25) is 5.91 Å². The molecule has 0 bridgehead atoms. The first-order valence-electron chi connectivity index (χ1n) is 11.4. The van der Waals surface area contributed by atoms with Gasteiger partial charge in [-0.05, 0) is 30.3 Å². The molecule has 0 unspecified atom stereocenters. The summed E-state index contributed by atoms with van der Waals surface area (Å²) in [5.74, 6) is -0.149. The van der Waals surface area contributed by atoms with Crippen molar-refractivity contribution in [2.75, 3.05) is 79.6 Å². The predicted molar refractivity (Wildman–Crippen MR) is 129 cm³/mol. The zero-order valence-corrected chi connectivity index (χ0v) is 18.7. The number of rotatable bonds is 7. The number of nitrogens with zero attached hydrogens (tertiary/aromatic N) is 2. The van der Waals surface area contributed by atoms with Crippen LogP contribution in [-0.4, -0.2) is 71.1 Å². The molecule has 4 rings (SSSR count). The molecule has 2 aromatic rings. The molecule has 0 saturated carbocycles. The summed E-state index contributed by atoms with van der Waals surface area (Å²) in [7, 11) is 0. The van der Waals surface area contributed by atoms with Crippen LogP contribution in [0.1, 0.15) is 6.42 Å². The second kappa shape index (κ2) is 11.5. The van der Waals surface area contributed by atoms with Gasteiger partial charge in [0.15, 0.2) is 0 Å². The fourth-order valence-corrected chi connectivity index (χ4v) is 3.91. The minimum absolute atomic E-state index is 0.149. The lowest BCUT2D eigenvalue weighted by atomic mass is 10.1. The number of hydrogen-bond donors (Lipinski definition) is 3. The summed E-state index contributed by atoms with van der Waals surface area (Å²) < 4.78 is 11.0. The highest BCUT2D eigenvalue weighted by Crippen LogP contribution is 2.32. The van der Waals surface area contributed by atoms with Gasteiger partial charge < -0.3 is 35.2 Å². The number of nitrogens with one attached hydrogen (secondary N) is 3. The highest BCUT2D eigenvalue weighted by Gasteiger charge is 2.19. The lowest BCUT2D eigenvalue weighted by molar-refractivity contribution is -0.116. The summed E-state index contributed by atoms with van der Waals surface area (Å²) in [5.41, 5.74) is 3.59. The van der Waals surface area contributed by atoms with Gasteiger partial charge in [0.25, 0.3) is 0 Å². The molecule has 0 spiro atoms. The van der Waals surface area contributed by atoms with Crippen molar-refractivity contribution in [2.45, 2.75) is 6.42 Å². The summed E-state index contributed by atoms with van der Waals surface area (Å²) in [6, 6.07) is 15.0. The van der Waals surface area contributed by atoms with E-state index in [9.17, 15) is 9.59 Å². The van der Waals surface area contributed by atoms with Crippen LogP contribution in [0.2, 0.25) is 0 Å². The molecular formula is C24H31N5O4. The zero-order chi connectivity index (χ0) is 22.9. The number of carbonyl (C=O) groups is 2. The minimum Gasteiger partial charge on any atom is -0.378 e. The Morgan fingerprint density at radius 2 is 1.48 bits per heavy atom. The average molecular weight is 454 g/mol. The second-order valence-electron chi connectivity index (χ2n) is 7.95. The number of carbonyl (C=O) groups excluding carboxylic acids is 2. The van der Waals surface area contributed by atoms with Gasteiger partial charge >= 0.3 is 6.03 Å². The van der Waals surface area contributed by atoms with Crippen molar-refractivity contribution < 1.29 is 19.1 Å². The van der Waals surface area contributed by atoms with E-state index in [1.807, 2.05) is 30.3 Å². The largest absolute Gasteiger partial charge is 0.378 e. The quantitative estimate of drug-likeness (QED) is 0.596. The fourth-order valence-electron chi connectivity index (χ4n) is 3.91. The molecule has 3 N–H and O–H groups in total. The fraction of sp³-hybridized carbons (Fsp3) is 0.417. The topological polar surface area (TPSA) is 95.2 Å². The number of urea groups is 1. The molecule has 3 amide bonds. The summed E-state index contributed by atoms with van der Waals surface area (Å²) in [4.78, 5) is 29.2. The highest BCUT2D eigenvalue weighted by atomic mass is 16.5. The normalized spacial score (nSPS) is 16.2. The number of amides is 3. The molecule has 0 aromatic heterocycles. The third-order valence-electron chi connectivity index (χ3n) is 5.65. The van der Waals surface area contributed by atoms with E-state index in [1.54, 1.807) is 12.1 Å². The van der Waals surface area contributed by atoms with Crippen LogP contribution in [0, 0.1) is 0 Å². The summed E-state index contributed by atoms with van der Waals surface area (Å²) in [6.45, 7) is 6.25. The molecule has 176 valence electrons. The van der Waals surface area contributed by atoms with E-state index in [2.05, 4.69) is 31.8 Å². The predicted octanol–water partition coefficient (Wildman–Crippen LogP) is 2.51. The smallest absolute Gasteiger partial charge is 0.319 e. The molecule has 2 aromatic carbocycles. The Morgan fingerprint density at radius 3 is 2.18 bits per heavy atom. The number of ether oxygens (including phenoxy) is 2. The van der Waals surface area contributed by atoms with Gasteiger partial charge in [0.1, 0.15) is 0 Å². The third kappa shape index (κ3) is 6.59. The molecule has 2 aliphatic rings. The molecule has 0 atom stereocenters. The van der Waals surface area contributed by atoms with Gasteiger partial charge in [0.05, 0.1) is 37.8 Å². The van der Waals surface area contributed by atoms with Crippen LogP contribution in [0.3, 0.4) is 0 Å². The van der Waals surface area contributed by atoms with Crippen LogP contribution in [0.4, 0.5) is 27.5 Å². The van der Waals surface area contributed by atoms with Crippen molar-refractivity contribution >= 4 is 34.7 Å². The molecule has 9 heteroatoms. The first-order valence-corrected chi connectivity index (χ1v) is 11.4. The molecule has 0 radical (unpaired) electrons. The number of benzene rings is 2. The van der Waals surface area contributed by atoms with E-state index in [0.29, 0.717) is 18.9 Å². The minimum atomic E-state index is -0.335. The maximum atomic E-state index is 12.6. The molecular weight excluding hydrogens is 422 g/mol.